The molecule has 128 valence electrons. The summed E-state index contributed by atoms with van der Waals surface area (Å²) in [7, 11) is 0. The Labute approximate surface area is 150 Å². The topological polar surface area (TPSA) is 58.1 Å². The molecule has 2 heterocycles. The van der Waals surface area contributed by atoms with Gasteiger partial charge in [0.1, 0.15) is 5.01 Å². The monoisotopic (exact) mass is 362 g/mol. The summed E-state index contributed by atoms with van der Waals surface area (Å²) in [6, 6.07) is 8.75. The molecule has 1 aliphatic rings. The number of amides is 1. The molecule has 1 aromatic carbocycles. The molecule has 3 rings (SSSR count). The zero-order valence-electron chi connectivity index (χ0n) is 14.0. The molecule has 2 aromatic rings. The highest BCUT2D eigenvalue weighted by Gasteiger charge is 2.18. The summed E-state index contributed by atoms with van der Waals surface area (Å²) >= 11 is 2.97. The number of hydrogen-bond donors (Lipinski definition) is 1. The molecule has 7 heteroatoms. The van der Waals surface area contributed by atoms with E-state index in [1.165, 1.54) is 34.2 Å². The molecule has 1 aliphatic heterocycles. The number of nitrogens with one attached hydrogen (secondary N) is 1. The lowest BCUT2D eigenvalue weighted by atomic mass is 10.00. The van der Waals surface area contributed by atoms with Gasteiger partial charge in [-0.2, -0.15) is 0 Å². The van der Waals surface area contributed by atoms with Gasteiger partial charge in [-0.15, -0.1) is 10.2 Å². The van der Waals surface area contributed by atoms with Crippen molar-refractivity contribution in [1.82, 2.24) is 20.4 Å². The van der Waals surface area contributed by atoms with Gasteiger partial charge in [0, 0.05) is 25.7 Å². The van der Waals surface area contributed by atoms with E-state index in [1.54, 1.807) is 0 Å². The molecule has 5 nitrogen and oxygen atoms in total. The number of fused-ring (bicyclic) bond motifs is 1. The predicted molar refractivity (Wildman–Crippen MR) is 98.4 cm³/mol. The van der Waals surface area contributed by atoms with Crippen molar-refractivity contribution in [2.24, 2.45) is 0 Å². The molecule has 1 N–H and O–H groups in total. The molecule has 0 unspecified atom stereocenters. The van der Waals surface area contributed by atoms with E-state index in [1.807, 2.05) is 6.92 Å². The van der Waals surface area contributed by atoms with E-state index in [0.29, 0.717) is 5.75 Å². The van der Waals surface area contributed by atoms with Gasteiger partial charge in [-0.1, -0.05) is 47.4 Å². The maximum Gasteiger partial charge on any atom is 0.230 e. The van der Waals surface area contributed by atoms with Crippen molar-refractivity contribution in [3.05, 3.63) is 40.4 Å². The lowest BCUT2D eigenvalue weighted by molar-refractivity contribution is -0.119. The number of carbonyl (C=O) groups excluding carboxylic acids is 1. The molecule has 24 heavy (non-hydrogen) atoms. The molecule has 0 radical (unpaired) electrons. The van der Waals surface area contributed by atoms with Gasteiger partial charge in [-0.25, -0.2) is 0 Å². The van der Waals surface area contributed by atoms with Crippen LogP contribution in [0, 0.1) is 6.92 Å². The van der Waals surface area contributed by atoms with E-state index < -0.39 is 0 Å². The molecule has 1 aromatic heterocycles. The van der Waals surface area contributed by atoms with Gasteiger partial charge in [0.15, 0.2) is 4.34 Å². The third-order valence-electron chi connectivity index (χ3n) is 3.98. The molecule has 0 bridgehead atoms. The SMILES string of the molecule is Cc1nnc(SCC(=O)N[C@H](C)CN2CCc3ccccc3C2)s1. The molecule has 1 amide bonds. The summed E-state index contributed by atoms with van der Waals surface area (Å²) in [6.45, 7) is 6.88. The van der Waals surface area contributed by atoms with Crippen molar-refractivity contribution in [2.45, 2.75) is 37.2 Å². The molecule has 0 spiro atoms. The Balaban J connectivity index is 1.42. The van der Waals surface area contributed by atoms with Crippen molar-refractivity contribution in [3.63, 3.8) is 0 Å². The number of hydrogen-bond acceptors (Lipinski definition) is 6. The molecule has 0 saturated heterocycles. The van der Waals surface area contributed by atoms with E-state index in [2.05, 4.69) is 51.6 Å². The Morgan fingerprint density at radius 3 is 2.92 bits per heavy atom. The number of benzene rings is 1. The highest BCUT2D eigenvalue weighted by Crippen LogP contribution is 2.21. The van der Waals surface area contributed by atoms with Crippen molar-refractivity contribution in [3.8, 4) is 0 Å². The first-order valence-electron chi connectivity index (χ1n) is 8.11. The van der Waals surface area contributed by atoms with Crippen LogP contribution in [0.4, 0.5) is 0 Å². The van der Waals surface area contributed by atoms with Crippen molar-refractivity contribution in [2.75, 3.05) is 18.8 Å². The maximum atomic E-state index is 12.1. The minimum atomic E-state index is 0.0535. The fourth-order valence-corrected chi connectivity index (χ4v) is 4.55. The van der Waals surface area contributed by atoms with E-state index in [-0.39, 0.29) is 11.9 Å². The molecule has 0 fully saturated rings. The van der Waals surface area contributed by atoms with Crippen LogP contribution in [0.15, 0.2) is 28.6 Å². The molecular weight excluding hydrogens is 340 g/mol. The van der Waals surface area contributed by atoms with Crippen LogP contribution in [0.5, 0.6) is 0 Å². The van der Waals surface area contributed by atoms with Crippen molar-refractivity contribution in [1.29, 1.82) is 0 Å². The third-order valence-corrected chi connectivity index (χ3v) is 5.96. The minimum Gasteiger partial charge on any atom is -0.352 e. The zero-order chi connectivity index (χ0) is 16.9. The predicted octanol–water partition coefficient (Wildman–Crippen LogP) is 2.50. The zero-order valence-corrected chi connectivity index (χ0v) is 15.6. The number of carbonyl (C=O) groups is 1. The van der Waals surface area contributed by atoms with Crippen molar-refractivity contribution < 1.29 is 4.79 Å². The maximum absolute atomic E-state index is 12.1. The van der Waals surface area contributed by atoms with Crippen molar-refractivity contribution >= 4 is 29.0 Å². The largest absolute Gasteiger partial charge is 0.352 e. The lowest BCUT2D eigenvalue weighted by Crippen LogP contribution is -2.44. The Morgan fingerprint density at radius 1 is 1.38 bits per heavy atom. The summed E-state index contributed by atoms with van der Waals surface area (Å²) in [6.07, 6.45) is 1.09. The average molecular weight is 363 g/mol. The average Bonchev–Trinajstić information content (AvgIpc) is 2.98. The van der Waals surface area contributed by atoms with Gasteiger partial charge >= 0.3 is 0 Å². The van der Waals surface area contributed by atoms with Crippen LogP contribution in [-0.4, -0.2) is 45.9 Å². The van der Waals surface area contributed by atoms with Crippen LogP contribution < -0.4 is 5.32 Å². The van der Waals surface area contributed by atoms with Gasteiger partial charge in [-0.05, 0) is 31.4 Å². The van der Waals surface area contributed by atoms with Gasteiger partial charge in [0.2, 0.25) is 5.91 Å². The van der Waals surface area contributed by atoms with Crippen LogP contribution in [0.1, 0.15) is 23.1 Å². The highest BCUT2D eigenvalue weighted by atomic mass is 32.2. The lowest BCUT2D eigenvalue weighted by Gasteiger charge is -2.31. The van der Waals surface area contributed by atoms with Gasteiger partial charge in [-0.3, -0.25) is 9.69 Å². The van der Waals surface area contributed by atoms with Crippen LogP contribution in [0.25, 0.3) is 0 Å². The third kappa shape index (κ3) is 4.78. The summed E-state index contributed by atoms with van der Waals surface area (Å²) in [5.74, 6) is 0.444. The smallest absolute Gasteiger partial charge is 0.230 e. The molecule has 1 atom stereocenters. The van der Waals surface area contributed by atoms with E-state index in [0.717, 1.165) is 35.4 Å². The fraction of sp³-hybridized carbons (Fsp3) is 0.471. The number of rotatable bonds is 6. The van der Waals surface area contributed by atoms with Crippen LogP contribution in [-0.2, 0) is 17.8 Å². The second-order valence-electron chi connectivity index (χ2n) is 6.10. The summed E-state index contributed by atoms with van der Waals surface area (Å²) in [5, 5.41) is 12.0. The fourth-order valence-electron chi connectivity index (χ4n) is 2.92. The van der Waals surface area contributed by atoms with E-state index in [4.69, 9.17) is 0 Å². The standard InChI is InChI=1S/C17H22N4OS2/c1-12(18-16(22)11-23-17-20-19-13(2)24-17)9-21-8-7-14-5-3-4-6-15(14)10-21/h3-6,12H,7-11H2,1-2H3,(H,18,22)/t12-/m1/s1. The Hall–Kier alpha value is -1.44. The number of aromatic nitrogens is 2. The first kappa shape index (κ1) is 17.4. The van der Waals surface area contributed by atoms with E-state index in [9.17, 15) is 4.79 Å². The summed E-state index contributed by atoms with van der Waals surface area (Å²) < 4.78 is 0.850. The minimum absolute atomic E-state index is 0.0535. The van der Waals surface area contributed by atoms with Crippen LogP contribution >= 0.6 is 23.1 Å². The number of nitrogens with zero attached hydrogens (tertiary/aromatic N) is 3. The van der Waals surface area contributed by atoms with Gasteiger partial charge < -0.3 is 5.32 Å². The summed E-state index contributed by atoms with van der Waals surface area (Å²) in [5.41, 5.74) is 2.86. The van der Waals surface area contributed by atoms with Gasteiger partial charge in [0.25, 0.3) is 0 Å². The van der Waals surface area contributed by atoms with Gasteiger partial charge in [0.05, 0.1) is 5.75 Å². The Bertz CT molecular complexity index is 703. The molecule has 0 saturated carbocycles. The Kier molecular flexibility index (Phi) is 5.86. The first-order valence-corrected chi connectivity index (χ1v) is 9.92. The Morgan fingerprint density at radius 2 is 2.17 bits per heavy atom. The molecule has 0 aliphatic carbocycles. The first-order chi connectivity index (χ1) is 11.6. The second kappa shape index (κ2) is 8.09. The number of aryl methyl sites for hydroxylation is 1. The molecular formula is C17H22N4OS2. The highest BCUT2D eigenvalue weighted by molar-refractivity contribution is 8.01. The normalized spacial score (nSPS) is 15.8. The second-order valence-corrected chi connectivity index (χ2v) is 8.50. The van der Waals surface area contributed by atoms with Crippen LogP contribution in [0.2, 0.25) is 0 Å². The quantitative estimate of drug-likeness (QED) is 0.800. The van der Waals surface area contributed by atoms with E-state index >= 15 is 0 Å². The number of thioether (sulfide) groups is 1. The summed E-state index contributed by atoms with van der Waals surface area (Å²) in [4.78, 5) is 14.5. The van der Waals surface area contributed by atoms with Crippen LogP contribution in [0.3, 0.4) is 0 Å².